The first kappa shape index (κ1) is 16.1. The molecule has 0 unspecified atom stereocenters. The second-order valence-corrected chi connectivity index (χ2v) is 8.72. The Balaban J connectivity index is 3.24. The molecular weight excluding hydrogens is 230 g/mol. The van der Waals surface area contributed by atoms with Crippen LogP contribution in [0, 0.1) is 5.41 Å². The Morgan fingerprint density at radius 1 is 0.789 bits per heavy atom. The summed E-state index contributed by atoms with van der Waals surface area (Å²) >= 11 is 0. The highest BCUT2D eigenvalue weighted by molar-refractivity contribution is 5.48. The molecule has 108 valence electrons. The first-order valence-corrected chi connectivity index (χ1v) is 7.23. The number of hydrogen-bond acceptors (Lipinski definition) is 1. The van der Waals surface area contributed by atoms with Crippen LogP contribution in [0.3, 0.4) is 0 Å². The summed E-state index contributed by atoms with van der Waals surface area (Å²) in [5.74, 6) is 0. The van der Waals surface area contributed by atoms with Gasteiger partial charge in [-0.05, 0) is 45.9 Å². The summed E-state index contributed by atoms with van der Waals surface area (Å²) in [5, 5.41) is 0. The molecule has 0 atom stereocenters. The summed E-state index contributed by atoms with van der Waals surface area (Å²) in [6.45, 7) is 18.2. The number of benzene rings is 1. The van der Waals surface area contributed by atoms with E-state index in [9.17, 15) is 0 Å². The van der Waals surface area contributed by atoms with E-state index in [0.29, 0.717) is 5.41 Å². The van der Waals surface area contributed by atoms with Crippen molar-refractivity contribution >= 4 is 5.69 Å². The van der Waals surface area contributed by atoms with Gasteiger partial charge >= 0.3 is 0 Å². The summed E-state index contributed by atoms with van der Waals surface area (Å²) in [4.78, 5) is 0. The molecule has 1 heteroatoms. The van der Waals surface area contributed by atoms with Crippen molar-refractivity contribution < 1.29 is 0 Å². The van der Waals surface area contributed by atoms with Gasteiger partial charge in [0.15, 0.2) is 0 Å². The average molecular weight is 261 g/mol. The van der Waals surface area contributed by atoms with Crippen LogP contribution in [0.1, 0.15) is 72.9 Å². The van der Waals surface area contributed by atoms with Gasteiger partial charge in [0.05, 0.1) is 0 Å². The monoisotopic (exact) mass is 261 g/mol. The number of rotatable bonds is 2. The lowest BCUT2D eigenvalue weighted by Crippen LogP contribution is -2.25. The van der Waals surface area contributed by atoms with E-state index in [-0.39, 0.29) is 10.8 Å². The van der Waals surface area contributed by atoms with Crippen molar-refractivity contribution in [1.29, 1.82) is 0 Å². The van der Waals surface area contributed by atoms with Crippen molar-refractivity contribution in [2.45, 2.75) is 72.6 Å². The average Bonchev–Trinajstić information content (AvgIpc) is 2.11. The van der Waals surface area contributed by atoms with Gasteiger partial charge in [-0.3, -0.25) is 0 Å². The van der Waals surface area contributed by atoms with Crippen LogP contribution < -0.4 is 5.73 Å². The minimum atomic E-state index is 0.141. The van der Waals surface area contributed by atoms with Crippen molar-refractivity contribution in [1.82, 2.24) is 0 Å². The first-order chi connectivity index (χ1) is 8.31. The van der Waals surface area contributed by atoms with E-state index in [1.165, 1.54) is 11.1 Å². The SMILES string of the molecule is CC(C)(C)CC(C)(C)c1cc(N)cc(C(C)(C)C)c1. The van der Waals surface area contributed by atoms with Crippen LogP contribution in [0.4, 0.5) is 5.69 Å². The predicted octanol–water partition coefficient (Wildman–Crippen LogP) is 5.28. The second-order valence-electron chi connectivity index (χ2n) is 8.72. The zero-order valence-electron chi connectivity index (χ0n) is 14.0. The Kier molecular flexibility index (Phi) is 4.10. The molecule has 1 aromatic carbocycles. The first-order valence-electron chi connectivity index (χ1n) is 7.23. The molecule has 0 amide bonds. The lowest BCUT2D eigenvalue weighted by atomic mass is 9.71. The number of anilines is 1. The van der Waals surface area contributed by atoms with E-state index in [1.807, 2.05) is 0 Å². The van der Waals surface area contributed by atoms with Gasteiger partial charge < -0.3 is 5.73 Å². The van der Waals surface area contributed by atoms with E-state index in [1.54, 1.807) is 0 Å². The predicted molar refractivity (Wildman–Crippen MR) is 86.7 cm³/mol. The zero-order chi connectivity index (χ0) is 15.1. The van der Waals surface area contributed by atoms with E-state index in [0.717, 1.165) is 12.1 Å². The number of nitrogens with two attached hydrogens (primary N) is 1. The molecule has 0 saturated carbocycles. The van der Waals surface area contributed by atoms with Gasteiger partial charge in [0.2, 0.25) is 0 Å². The van der Waals surface area contributed by atoms with Crippen molar-refractivity contribution in [3.63, 3.8) is 0 Å². The molecule has 0 aliphatic rings. The van der Waals surface area contributed by atoms with Gasteiger partial charge in [-0.1, -0.05) is 61.5 Å². The topological polar surface area (TPSA) is 26.0 Å². The Bertz CT molecular complexity index is 442. The van der Waals surface area contributed by atoms with E-state index in [4.69, 9.17) is 5.73 Å². The van der Waals surface area contributed by atoms with Gasteiger partial charge in [-0.2, -0.15) is 0 Å². The van der Waals surface area contributed by atoms with Crippen molar-refractivity contribution in [2.24, 2.45) is 5.41 Å². The van der Waals surface area contributed by atoms with Crippen molar-refractivity contribution in [3.8, 4) is 0 Å². The molecule has 0 saturated heterocycles. The summed E-state index contributed by atoms with van der Waals surface area (Å²) in [7, 11) is 0. The molecule has 1 nitrogen and oxygen atoms in total. The molecule has 0 aliphatic carbocycles. The highest BCUT2D eigenvalue weighted by Crippen LogP contribution is 2.38. The molecule has 0 aromatic heterocycles. The normalized spacial score (nSPS) is 13.7. The summed E-state index contributed by atoms with van der Waals surface area (Å²) in [6.07, 6.45) is 1.15. The molecule has 0 spiro atoms. The maximum atomic E-state index is 6.12. The van der Waals surface area contributed by atoms with Crippen LogP contribution in [-0.2, 0) is 10.8 Å². The van der Waals surface area contributed by atoms with Gasteiger partial charge in [-0.25, -0.2) is 0 Å². The summed E-state index contributed by atoms with van der Waals surface area (Å²) in [5.41, 5.74) is 10.3. The third kappa shape index (κ3) is 4.56. The molecule has 1 rings (SSSR count). The third-order valence-corrected chi connectivity index (χ3v) is 3.58. The van der Waals surface area contributed by atoms with E-state index < -0.39 is 0 Å². The Morgan fingerprint density at radius 3 is 1.68 bits per heavy atom. The minimum absolute atomic E-state index is 0.141. The van der Waals surface area contributed by atoms with Gasteiger partial charge in [-0.15, -0.1) is 0 Å². The van der Waals surface area contributed by atoms with E-state index in [2.05, 4.69) is 73.6 Å². The molecule has 0 heterocycles. The Hall–Kier alpha value is -0.980. The van der Waals surface area contributed by atoms with Crippen molar-refractivity contribution in [2.75, 3.05) is 5.73 Å². The fourth-order valence-corrected chi connectivity index (χ4v) is 2.90. The van der Waals surface area contributed by atoms with Gasteiger partial charge in [0, 0.05) is 5.69 Å². The molecule has 0 bridgehead atoms. The lowest BCUT2D eigenvalue weighted by Gasteiger charge is -2.34. The maximum Gasteiger partial charge on any atom is 0.0319 e. The highest BCUT2D eigenvalue weighted by Gasteiger charge is 2.28. The molecule has 0 radical (unpaired) electrons. The van der Waals surface area contributed by atoms with Crippen LogP contribution >= 0.6 is 0 Å². The molecule has 1 aromatic rings. The van der Waals surface area contributed by atoms with Crippen LogP contribution in [0.5, 0.6) is 0 Å². The molecule has 19 heavy (non-hydrogen) atoms. The van der Waals surface area contributed by atoms with Crippen LogP contribution in [-0.4, -0.2) is 0 Å². The molecule has 0 fully saturated rings. The van der Waals surface area contributed by atoms with Crippen molar-refractivity contribution in [3.05, 3.63) is 29.3 Å². The lowest BCUT2D eigenvalue weighted by molar-refractivity contribution is 0.284. The third-order valence-electron chi connectivity index (χ3n) is 3.58. The largest absolute Gasteiger partial charge is 0.399 e. The molecule has 2 N–H and O–H groups in total. The second kappa shape index (κ2) is 4.85. The highest BCUT2D eigenvalue weighted by atomic mass is 14.5. The Labute approximate surface area is 119 Å². The van der Waals surface area contributed by atoms with Crippen LogP contribution in [0.25, 0.3) is 0 Å². The molecule has 0 aliphatic heterocycles. The summed E-state index contributed by atoms with van der Waals surface area (Å²) in [6, 6.07) is 6.58. The van der Waals surface area contributed by atoms with Gasteiger partial charge in [0.1, 0.15) is 0 Å². The fraction of sp³-hybridized carbons (Fsp3) is 0.667. The van der Waals surface area contributed by atoms with Gasteiger partial charge in [0.25, 0.3) is 0 Å². The summed E-state index contributed by atoms with van der Waals surface area (Å²) < 4.78 is 0. The Morgan fingerprint density at radius 2 is 1.26 bits per heavy atom. The number of nitrogen functional groups attached to an aromatic ring is 1. The number of hydrogen-bond donors (Lipinski definition) is 1. The standard InChI is InChI=1S/C18H31N/c1-16(2,3)12-18(7,8)14-9-13(17(4,5)6)10-15(19)11-14/h9-11H,12,19H2,1-8H3. The minimum Gasteiger partial charge on any atom is -0.399 e. The van der Waals surface area contributed by atoms with Crippen LogP contribution in [0.15, 0.2) is 18.2 Å². The van der Waals surface area contributed by atoms with E-state index >= 15 is 0 Å². The quantitative estimate of drug-likeness (QED) is 0.720. The fourth-order valence-electron chi connectivity index (χ4n) is 2.90. The van der Waals surface area contributed by atoms with Crippen LogP contribution in [0.2, 0.25) is 0 Å². The molecular formula is C18H31N. The smallest absolute Gasteiger partial charge is 0.0319 e. The zero-order valence-corrected chi connectivity index (χ0v) is 14.0. The maximum absolute atomic E-state index is 6.12.